The summed E-state index contributed by atoms with van der Waals surface area (Å²) < 4.78 is 1.31. The zero-order valence-electron chi connectivity index (χ0n) is 6.45. The van der Waals surface area contributed by atoms with E-state index in [-0.39, 0.29) is 0 Å². The first-order chi connectivity index (χ1) is 6.20. The Morgan fingerprint density at radius 2 is 1.92 bits per heavy atom. The second kappa shape index (κ2) is 2.99. The monoisotopic (exact) mass is 288 g/mol. The predicted molar refractivity (Wildman–Crippen MR) is 58.2 cm³/mol. The van der Waals surface area contributed by atoms with E-state index < -0.39 is 11.1 Å². The van der Waals surface area contributed by atoms with Crippen LogP contribution in [0.2, 0.25) is 0 Å². The maximum absolute atomic E-state index is 11.2. The molecule has 0 atom stereocenters. The Kier molecular flexibility index (Phi) is 1.95. The fourth-order valence-electron chi connectivity index (χ4n) is 1.12. The summed E-state index contributed by atoms with van der Waals surface area (Å²) in [5.41, 5.74) is 0.251. The number of halogens is 1. The van der Waals surface area contributed by atoms with Crippen LogP contribution < -0.4 is 11.1 Å². The van der Waals surface area contributed by atoms with Gasteiger partial charge in [-0.05, 0) is 12.1 Å². The Labute approximate surface area is 86.7 Å². The first kappa shape index (κ1) is 8.49. The number of aromatic nitrogens is 2. The van der Waals surface area contributed by atoms with Crippen LogP contribution in [0, 0.1) is 0 Å². The highest BCUT2D eigenvalue weighted by atomic mass is 127. The first-order valence-corrected chi connectivity index (χ1v) is 4.57. The van der Waals surface area contributed by atoms with Crippen molar-refractivity contribution in [2.75, 3.05) is 0 Å². The number of fused-ring (bicyclic) bond motifs is 1. The van der Waals surface area contributed by atoms with Crippen molar-refractivity contribution in [1.82, 2.24) is 7.76 Å². The van der Waals surface area contributed by atoms with Crippen molar-refractivity contribution in [2.24, 2.45) is 0 Å². The van der Waals surface area contributed by atoms with Gasteiger partial charge in [-0.1, -0.05) is 12.1 Å². The molecule has 1 N–H and O–H groups in total. The minimum Gasteiger partial charge on any atom is -0.316 e. The summed E-state index contributed by atoms with van der Waals surface area (Å²) in [5.74, 6) is 0. The van der Waals surface area contributed by atoms with Gasteiger partial charge in [0.15, 0.2) is 0 Å². The fourth-order valence-corrected chi connectivity index (χ4v) is 1.76. The third kappa shape index (κ3) is 1.28. The van der Waals surface area contributed by atoms with Crippen molar-refractivity contribution >= 4 is 33.9 Å². The van der Waals surface area contributed by atoms with Gasteiger partial charge in [0.2, 0.25) is 0 Å². The second-order valence-corrected chi connectivity index (χ2v) is 3.52. The minimum atomic E-state index is -0.590. The molecule has 13 heavy (non-hydrogen) atoms. The van der Waals surface area contributed by atoms with Crippen LogP contribution in [0.1, 0.15) is 0 Å². The molecule has 1 heterocycles. The van der Waals surface area contributed by atoms with Gasteiger partial charge in [0.05, 0.1) is 33.9 Å². The van der Waals surface area contributed by atoms with Crippen molar-refractivity contribution in [3.05, 3.63) is 45.0 Å². The molecule has 1 aromatic carbocycles. The zero-order valence-corrected chi connectivity index (χ0v) is 8.61. The molecule has 2 aromatic rings. The Morgan fingerprint density at radius 3 is 2.69 bits per heavy atom. The van der Waals surface area contributed by atoms with Crippen LogP contribution >= 0.6 is 22.9 Å². The second-order valence-electron chi connectivity index (χ2n) is 2.56. The topological polar surface area (TPSA) is 54.9 Å². The lowest BCUT2D eigenvalue weighted by Crippen LogP contribution is -2.32. The molecule has 0 saturated carbocycles. The molecule has 0 fully saturated rings. The first-order valence-electron chi connectivity index (χ1n) is 3.60. The van der Waals surface area contributed by atoms with Crippen molar-refractivity contribution in [3.63, 3.8) is 0 Å². The highest BCUT2D eigenvalue weighted by Crippen LogP contribution is 2.08. The highest BCUT2D eigenvalue weighted by molar-refractivity contribution is 14.1. The molecule has 0 saturated heterocycles. The standard InChI is InChI=1S/C8H5IN2O2/c9-11-6-4-2-1-3-5(6)10-7(12)8(11)13/h1-4H,(H,10,12). The van der Waals surface area contributed by atoms with Gasteiger partial charge in [-0.2, -0.15) is 0 Å². The number of para-hydroxylation sites is 2. The van der Waals surface area contributed by atoms with Gasteiger partial charge in [-0.25, -0.2) is 2.78 Å². The van der Waals surface area contributed by atoms with Crippen LogP contribution in [-0.2, 0) is 0 Å². The summed E-state index contributed by atoms with van der Waals surface area (Å²) in [6.45, 7) is 0. The molecule has 1 aromatic heterocycles. The number of H-pyrrole nitrogens is 1. The van der Waals surface area contributed by atoms with Crippen molar-refractivity contribution in [1.29, 1.82) is 0 Å². The van der Waals surface area contributed by atoms with E-state index in [4.69, 9.17) is 0 Å². The molecule has 0 aliphatic rings. The molecule has 0 amide bonds. The molecule has 0 spiro atoms. The molecular weight excluding hydrogens is 283 g/mol. The molecule has 2 rings (SSSR count). The lowest BCUT2D eigenvalue weighted by Gasteiger charge is -1.99. The summed E-state index contributed by atoms with van der Waals surface area (Å²) >= 11 is 1.81. The number of nitrogens with zero attached hydrogens (tertiary/aromatic N) is 1. The molecule has 66 valence electrons. The average Bonchev–Trinajstić information content (AvgIpc) is 2.15. The van der Waals surface area contributed by atoms with E-state index in [1.807, 2.05) is 28.9 Å². The Hall–Kier alpha value is -1.11. The van der Waals surface area contributed by atoms with Crippen LogP contribution in [0.25, 0.3) is 11.0 Å². The summed E-state index contributed by atoms with van der Waals surface area (Å²) in [7, 11) is 0. The van der Waals surface area contributed by atoms with Gasteiger partial charge in [-0.3, -0.25) is 9.59 Å². The van der Waals surface area contributed by atoms with E-state index in [2.05, 4.69) is 4.98 Å². The van der Waals surface area contributed by atoms with Gasteiger partial charge in [-0.15, -0.1) is 0 Å². The van der Waals surface area contributed by atoms with Gasteiger partial charge >= 0.3 is 11.1 Å². The predicted octanol–water partition coefficient (Wildman–Crippen LogP) is 0.888. The van der Waals surface area contributed by atoms with Crippen molar-refractivity contribution in [2.45, 2.75) is 0 Å². The smallest absolute Gasteiger partial charge is 0.316 e. The maximum Gasteiger partial charge on any atom is 0.325 e. The summed E-state index contributed by atoms with van der Waals surface area (Å²) in [6.07, 6.45) is 0. The number of hydrogen-bond acceptors (Lipinski definition) is 2. The molecule has 5 heteroatoms. The van der Waals surface area contributed by atoms with E-state index in [0.29, 0.717) is 11.0 Å². The number of rotatable bonds is 0. The van der Waals surface area contributed by atoms with E-state index in [0.717, 1.165) is 0 Å². The molecular formula is C8H5IN2O2. The highest BCUT2D eigenvalue weighted by Gasteiger charge is 2.02. The summed E-state index contributed by atoms with van der Waals surface area (Å²) in [5, 5.41) is 0. The van der Waals surface area contributed by atoms with Gasteiger partial charge in [0.25, 0.3) is 0 Å². The minimum absolute atomic E-state index is 0.542. The van der Waals surface area contributed by atoms with Crippen molar-refractivity contribution in [3.8, 4) is 0 Å². The van der Waals surface area contributed by atoms with Crippen LogP contribution in [-0.4, -0.2) is 7.76 Å². The number of benzene rings is 1. The quantitative estimate of drug-likeness (QED) is 0.578. The molecule has 4 nitrogen and oxygen atoms in total. The van der Waals surface area contributed by atoms with Crippen LogP contribution in [0.5, 0.6) is 0 Å². The molecule has 0 aliphatic carbocycles. The summed E-state index contributed by atoms with van der Waals surface area (Å²) in [4.78, 5) is 24.8. The van der Waals surface area contributed by atoms with E-state index in [1.165, 1.54) is 2.78 Å². The Balaban J connectivity index is 3.11. The Morgan fingerprint density at radius 1 is 1.23 bits per heavy atom. The summed E-state index contributed by atoms with van der Waals surface area (Å²) in [6, 6.07) is 7.15. The van der Waals surface area contributed by atoms with E-state index >= 15 is 0 Å². The molecule has 0 aliphatic heterocycles. The third-order valence-corrected chi connectivity index (χ3v) is 2.69. The molecule has 0 bridgehead atoms. The number of nitrogens with one attached hydrogen (secondary N) is 1. The fraction of sp³-hybridized carbons (Fsp3) is 0. The SMILES string of the molecule is O=c1[nH]c2ccccc2n(I)c1=O. The Bertz CT molecular complexity index is 570. The van der Waals surface area contributed by atoms with E-state index in [1.54, 1.807) is 18.2 Å². The van der Waals surface area contributed by atoms with Gasteiger partial charge < -0.3 is 4.98 Å². The largest absolute Gasteiger partial charge is 0.325 e. The molecule has 0 unspecified atom stereocenters. The number of hydrogen-bond donors (Lipinski definition) is 1. The van der Waals surface area contributed by atoms with Gasteiger partial charge in [0.1, 0.15) is 0 Å². The maximum atomic E-state index is 11.2. The van der Waals surface area contributed by atoms with Crippen LogP contribution in [0.3, 0.4) is 0 Å². The lowest BCUT2D eigenvalue weighted by atomic mass is 10.3. The van der Waals surface area contributed by atoms with Crippen LogP contribution in [0.4, 0.5) is 0 Å². The number of aromatic amines is 1. The lowest BCUT2D eigenvalue weighted by molar-refractivity contribution is 1.13. The zero-order chi connectivity index (χ0) is 9.42. The average molecular weight is 288 g/mol. The van der Waals surface area contributed by atoms with E-state index in [9.17, 15) is 9.59 Å². The van der Waals surface area contributed by atoms with Gasteiger partial charge in [0, 0.05) is 0 Å². The van der Waals surface area contributed by atoms with Crippen LogP contribution in [0.15, 0.2) is 33.9 Å². The molecule has 0 radical (unpaired) electrons. The normalized spacial score (nSPS) is 10.5. The third-order valence-electron chi connectivity index (χ3n) is 1.74. The van der Waals surface area contributed by atoms with Crippen molar-refractivity contribution < 1.29 is 0 Å².